The molecule has 2 atom stereocenters. The summed E-state index contributed by atoms with van der Waals surface area (Å²) in [6.07, 6.45) is 2.05. The Labute approximate surface area is 161 Å². The van der Waals surface area contributed by atoms with Crippen LogP contribution in [-0.2, 0) is 14.8 Å². The second kappa shape index (κ2) is 8.58. The quantitative estimate of drug-likeness (QED) is 0.783. The molecule has 0 spiro atoms. The van der Waals surface area contributed by atoms with Crippen LogP contribution in [0.15, 0.2) is 29.2 Å². The number of carbonyl (C=O) groups excluding carboxylic acids is 1. The molecule has 2 N–H and O–H groups in total. The zero-order chi connectivity index (χ0) is 19.4. The zero-order valence-electron chi connectivity index (χ0n) is 16.0. The first kappa shape index (κ1) is 20.1. The summed E-state index contributed by atoms with van der Waals surface area (Å²) in [4.78, 5) is 12.9. The van der Waals surface area contributed by atoms with Gasteiger partial charge in [-0.15, -0.1) is 0 Å². The molecule has 2 fully saturated rings. The standard InChI is InChI=1S/C19H29N3O4S/c1-14-13-20-10-7-18(14)21-19(23)15-8-11-22(12-9-15)27(24,25)17-5-3-16(26-2)4-6-17/h3-6,14-15,18,20H,7-13H2,1-2H3,(H,21,23). The smallest absolute Gasteiger partial charge is 0.243 e. The third-order valence-corrected chi connectivity index (χ3v) is 7.55. The highest BCUT2D eigenvalue weighted by molar-refractivity contribution is 7.89. The summed E-state index contributed by atoms with van der Waals surface area (Å²) < 4.78 is 32.2. The first-order chi connectivity index (χ1) is 12.9. The van der Waals surface area contributed by atoms with Gasteiger partial charge in [0.15, 0.2) is 0 Å². The molecule has 2 aliphatic heterocycles. The second-order valence-corrected chi connectivity index (χ2v) is 9.38. The van der Waals surface area contributed by atoms with Crippen molar-refractivity contribution in [3.05, 3.63) is 24.3 Å². The van der Waals surface area contributed by atoms with Gasteiger partial charge in [-0.2, -0.15) is 4.31 Å². The Kier molecular flexibility index (Phi) is 6.39. The molecule has 3 rings (SSSR count). The molecule has 0 radical (unpaired) electrons. The molecule has 1 aromatic carbocycles. The van der Waals surface area contributed by atoms with E-state index in [0.717, 1.165) is 19.5 Å². The molecule has 27 heavy (non-hydrogen) atoms. The van der Waals surface area contributed by atoms with Crippen molar-refractivity contribution in [3.63, 3.8) is 0 Å². The van der Waals surface area contributed by atoms with Crippen LogP contribution >= 0.6 is 0 Å². The summed E-state index contributed by atoms with van der Waals surface area (Å²) in [5.41, 5.74) is 0. The van der Waals surface area contributed by atoms with Crippen molar-refractivity contribution in [2.75, 3.05) is 33.3 Å². The molecule has 2 saturated heterocycles. The Hall–Kier alpha value is -1.64. The number of sulfonamides is 1. The third kappa shape index (κ3) is 4.62. The van der Waals surface area contributed by atoms with Gasteiger partial charge in [0.1, 0.15) is 5.75 Å². The Morgan fingerprint density at radius 2 is 1.85 bits per heavy atom. The van der Waals surface area contributed by atoms with E-state index in [1.807, 2.05) is 0 Å². The van der Waals surface area contributed by atoms with Crippen molar-refractivity contribution in [2.45, 2.75) is 37.1 Å². The maximum atomic E-state index is 12.8. The van der Waals surface area contributed by atoms with Crippen molar-refractivity contribution in [3.8, 4) is 5.75 Å². The third-order valence-electron chi connectivity index (χ3n) is 5.63. The lowest BCUT2D eigenvalue weighted by atomic mass is 9.92. The number of hydrogen-bond acceptors (Lipinski definition) is 5. The largest absolute Gasteiger partial charge is 0.497 e. The van der Waals surface area contributed by atoms with Crippen molar-refractivity contribution >= 4 is 15.9 Å². The van der Waals surface area contributed by atoms with E-state index in [1.165, 1.54) is 4.31 Å². The molecule has 0 aliphatic carbocycles. The summed E-state index contributed by atoms with van der Waals surface area (Å²) in [6.45, 7) is 4.72. The summed E-state index contributed by atoms with van der Waals surface area (Å²) in [5.74, 6) is 0.986. The number of carbonyl (C=O) groups is 1. The van der Waals surface area contributed by atoms with Crippen LogP contribution < -0.4 is 15.4 Å². The molecular weight excluding hydrogens is 366 g/mol. The first-order valence-corrected chi connectivity index (χ1v) is 11.0. The van der Waals surface area contributed by atoms with Gasteiger partial charge >= 0.3 is 0 Å². The molecule has 7 nitrogen and oxygen atoms in total. The number of methoxy groups -OCH3 is 1. The SMILES string of the molecule is COc1ccc(S(=O)(=O)N2CCC(C(=O)NC3CCNCC3C)CC2)cc1. The molecule has 1 aromatic rings. The highest BCUT2D eigenvalue weighted by atomic mass is 32.2. The minimum Gasteiger partial charge on any atom is -0.497 e. The van der Waals surface area contributed by atoms with Crippen LogP contribution in [-0.4, -0.2) is 58.0 Å². The predicted octanol–water partition coefficient (Wildman–Crippen LogP) is 1.21. The summed E-state index contributed by atoms with van der Waals surface area (Å²) in [5, 5.41) is 6.51. The number of rotatable bonds is 5. The average molecular weight is 396 g/mol. The lowest BCUT2D eigenvalue weighted by molar-refractivity contribution is -0.127. The topological polar surface area (TPSA) is 87.7 Å². The number of hydrogen-bond donors (Lipinski definition) is 2. The van der Waals surface area contributed by atoms with E-state index in [4.69, 9.17) is 4.74 Å². The van der Waals surface area contributed by atoms with E-state index in [9.17, 15) is 13.2 Å². The number of amides is 1. The minimum absolute atomic E-state index is 0.0650. The molecular formula is C19H29N3O4S. The number of ether oxygens (including phenoxy) is 1. The Morgan fingerprint density at radius 1 is 1.19 bits per heavy atom. The zero-order valence-corrected chi connectivity index (χ0v) is 16.8. The monoisotopic (exact) mass is 395 g/mol. The maximum Gasteiger partial charge on any atom is 0.243 e. The van der Waals surface area contributed by atoms with Crippen LogP contribution in [0.25, 0.3) is 0 Å². The predicted molar refractivity (Wildman–Crippen MR) is 103 cm³/mol. The number of nitrogens with zero attached hydrogens (tertiary/aromatic N) is 1. The van der Waals surface area contributed by atoms with Crippen molar-refractivity contribution in [1.29, 1.82) is 0 Å². The van der Waals surface area contributed by atoms with Gasteiger partial charge in [0.2, 0.25) is 15.9 Å². The Balaban J connectivity index is 1.56. The van der Waals surface area contributed by atoms with Crippen LogP contribution in [0.3, 0.4) is 0 Å². The van der Waals surface area contributed by atoms with Crippen LogP contribution in [0.2, 0.25) is 0 Å². The number of piperidine rings is 2. The van der Waals surface area contributed by atoms with Crippen LogP contribution in [0, 0.1) is 11.8 Å². The van der Waals surface area contributed by atoms with E-state index >= 15 is 0 Å². The second-order valence-electron chi connectivity index (χ2n) is 7.44. The fourth-order valence-corrected chi connectivity index (χ4v) is 5.25. The fraction of sp³-hybridized carbons (Fsp3) is 0.632. The molecule has 2 unspecified atom stereocenters. The summed E-state index contributed by atoms with van der Waals surface area (Å²) in [7, 11) is -1.99. The normalized spacial score (nSPS) is 25.1. The van der Waals surface area contributed by atoms with Crippen LogP contribution in [0.5, 0.6) is 5.75 Å². The van der Waals surface area contributed by atoms with Gasteiger partial charge in [-0.1, -0.05) is 6.92 Å². The van der Waals surface area contributed by atoms with Gasteiger partial charge in [-0.3, -0.25) is 4.79 Å². The van der Waals surface area contributed by atoms with Gasteiger partial charge in [0.25, 0.3) is 0 Å². The molecule has 0 bridgehead atoms. The van der Waals surface area contributed by atoms with Crippen molar-refractivity contribution < 1.29 is 17.9 Å². The Bertz CT molecular complexity index is 743. The van der Waals surface area contributed by atoms with Crippen LogP contribution in [0.4, 0.5) is 0 Å². The molecule has 1 amide bonds. The van der Waals surface area contributed by atoms with E-state index in [2.05, 4.69) is 17.6 Å². The van der Waals surface area contributed by atoms with Crippen LogP contribution in [0.1, 0.15) is 26.2 Å². The summed E-state index contributed by atoms with van der Waals surface area (Å²) >= 11 is 0. The molecule has 150 valence electrons. The van der Waals surface area contributed by atoms with Gasteiger partial charge in [0, 0.05) is 25.0 Å². The Morgan fingerprint density at radius 3 is 2.44 bits per heavy atom. The number of nitrogens with one attached hydrogen (secondary N) is 2. The molecule has 0 aromatic heterocycles. The average Bonchev–Trinajstić information content (AvgIpc) is 2.70. The summed E-state index contributed by atoms with van der Waals surface area (Å²) in [6, 6.07) is 6.62. The van der Waals surface area contributed by atoms with Gasteiger partial charge in [-0.25, -0.2) is 8.42 Å². The van der Waals surface area contributed by atoms with Crippen molar-refractivity contribution in [2.24, 2.45) is 11.8 Å². The maximum absolute atomic E-state index is 12.8. The molecule has 0 saturated carbocycles. The minimum atomic E-state index is -3.53. The number of benzene rings is 1. The van der Waals surface area contributed by atoms with Gasteiger partial charge in [0.05, 0.1) is 12.0 Å². The van der Waals surface area contributed by atoms with E-state index in [1.54, 1.807) is 31.4 Å². The molecule has 2 heterocycles. The van der Waals surface area contributed by atoms with Gasteiger partial charge < -0.3 is 15.4 Å². The highest BCUT2D eigenvalue weighted by Gasteiger charge is 2.33. The lowest BCUT2D eigenvalue weighted by Gasteiger charge is -2.34. The van der Waals surface area contributed by atoms with E-state index in [0.29, 0.717) is 37.6 Å². The highest BCUT2D eigenvalue weighted by Crippen LogP contribution is 2.25. The van der Waals surface area contributed by atoms with Gasteiger partial charge in [-0.05, 0) is 62.5 Å². The lowest BCUT2D eigenvalue weighted by Crippen LogP contribution is -2.51. The van der Waals surface area contributed by atoms with E-state index < -0.39 is 10.0 Å². The fourth-order valence-electron chi connectivity index (χ4n) is 3.78. The first-order valence-electron chi connectivity index (χ1n) is 9.57. The van der Waals surface area contributed by atoms with E-state index in [-0.39, 0.29) is 22.8 Å². The molecule has 2 aliphatic rings. The molecule has 8 heteroatoms. The van der Waals surface area contributed by atoms with Crippen molar-refractivity contribution in [1.82, 2.24) is 14.9 Å².